The van der Waals surface area contributed by atoms with Crippen LogP contribution in [0.3, 0.4) is 0 Å². The van der Waals surface area contributed by atoms with Gasteiger partial charge in [-0.3, -0.25) is 0 Å². The van der Waals surface area contributed by atoms with E-state index in [1.54, 1.807) is 10.7 Å². The van der Waals surface area contributed by atoms with Crippen LogP contribution in [0.4, 0.5) is 5.82 Å². The van der Waals surface area contributed by atoms with Crippen LogP contribution in [0.15, 0.2) is 24.5 Å². The van der Waals surface area contributed by atoms with Crippen LogP contribution in [-0.2, 0) is 0 Å². The molecule has 0 amide bonds. The topological polar surface area (TPSA) is 42.2 Å². The van der Waals surface area contributed by atoms with Gasteiger partial charge in [0.05, 0.1) is 6.20 Å². The fourth-order valence-corrected chi connectivity index (χ4v) is 1.62. The summed E-state index contributed by atoms with van der Waals surface area (Å²) in [5.41, 5.74) is 0.876. The van der Waals surface area contributed by atoms with Crippen LogP contribution in [0.25, 0.3) is 5.65 Å². The molecule has 0 saturated heterocycles. The molecule has 2 unspecified atom stereocenters. The predicted molar refractivity (Wildman–Crippen MR) is 65.5 cm³/mol. The van der Waals surface area contributed by atoms with E-state index >= 15 is 0 Å². The van der Waals surface area contributed by atoms with Gasteiger partial charge in [0.1, 0.15) is 5.82 Å². The van der Waals surface area contributed by atoms with E-state index in [0.717, 1.165) is 11.5 Å². The molecule has 2 aromatic heterocycles. The molecule has 0 spiro atoms. The maximum absolute atomic E-state index is 4.48. The molecular weight excluding hydrogens is 200 g/mol. The van der Waals surface area contributed by atoms with E-state index < -0.39 is 0 Å². The minimum absolute atomic E-state index is 0.433. The van der Waals surface area contributed by atoms with E-state index in [0.29, 0.717) is 12.0 Å². The van der Waals surface area contributed by atoms with E-state index in [-0.39, 0.29) is 0 Å². The fraction of sp³-hybridized carbons (Fsp3) is 0.500. The van der Waals surface area contributed by atoms with E-state index in [4.69, 9.17) is 0 Å². The molecule has 4 nitrogen and oxygen atoms in total. The van der Waals surface area contributed by atoms with Crippen LogP contribution >= 0.6 is 0 Å². The molecule has 2 rings (SSSR count). The molecule has 86 valence electrons. The monoisotopic (exact) mass is 218 g/mol. The zero-order valence-electron chi connectivity index (χ0n) is 10.0. The smallest absolute Gasteiger partial charge is 0.157 e. The average Bonchev–Trinajstić information content (AvgIpc) is 2.75. The summed E-state index contributed by atoms with van der Waals surface area (Å²) in [7, 11) is 0. The van der Waals surface area contributed by atoms with Crippen molar-refractivity contribution in [1.29, 1.82) is 0 Å². The van der Waals surface area contributed by atoms with Gasteiger partial charge in [-0.1, -0.05) is 20.3 Å². The number of nitrogens with zero attached hydrogens (tertiary/aromatic N) is 3. The van der Waals surface area contributed by atoms with Crippen LogP contribution in [0.2, 0.25) is 0 Å². The minimum atomic E-state index is 0.433. The summed E-state index contributed by atoms with van der Waals surface area (Å²) < 4.78 is 1.76. The zero-order valence-corrected chi connectivity index (χ0v) is 10.0. The van der Waals surface area contributed by atoms with Crippen LogP contribution in [0.1, 0.15) is 27.2 Å². The Labute approximate surface area is 95.7 Å². The van der Waals surface area contributed by atoms with E-state index in [1.807, 2.05) is 18.3 Å². The van der Waals surface area contributed by atoms with Gasteiger partial charge in [0.15, 0.2) is 5.65 Å². The minimum Gasteiger partial charge on any atom is -0.367 e. The molecule has 4 heteroatoms. The van der Waals surface area contributed by atoms with Gasteiger partial charge in [-0.25, -0.2) is 9.50 Å². The molecule has 0 aliphatic rings. The molecule has 0 bridgehead atoms. The van der Waals surface area contributed by atoms with Crippen LogP contribution < -0.4 is 5.32 Å². The second-order valence-electron chi connectivity index (χ2n) is 4.27. The molecule has 0 radical (unpaired) electrons. The Morgan fingerprint density at radius 1 is 1.38 bits per heavy atom. The summed E-state index contributed by atoms with van der Waals surface area (Å²) in [6.45, 7) is 6.64. The average molecular weight is 218 g/mol. The van der Waals surface area contributed by atoms with Crippen LogP contribution in [0.5, 0.6) is 0 Å². The Kier molecular flexibility index (Phi) is 3.08. The Hall–Kier alpha value is -1.58. The first kappa shape index (κ1) is 10.9. The number of nitrogens with one attached hydrogen (secondary N) is 1. The lowest BCUT2D eigenvalue weighted by atomic mass is 10.0. The summed E-state index contributed by atoms with van der Waals surface area (Å²) >= 11 is 0. The van der Waals surface area contributed by atoms with Crippen molar-refractivity contribution in [1.82, 2.24) is 14.6 Å². The van der Waals surface area contributed by atoms with Crippen molar-refractivity contribution in [2.45, 2.75) is 33.2 Å². The summed E-state index contributed by atoms with van der Waals surface area (Å²) in [5.74, 6) is 1.56. The second kappa shape index (κ2) is 4.51. The largest absolute Gasteiger partial charge is 0.367 e. The molecule has 0 aliphatic carbocycles. The molecule has 1 N–H and O–H groups in total. The molecule has 2 atom stereocenters. The van der Waals surface area contributed by atoms with Gasteiger partial charge in [-0.05, 0) is 18.9 Å². The lowest BCUT2D eigenvalue weighted by Crippen LogP contribution is -2.23. The third kappa shape index (κ3) is 2.15. The van der Waals surface area contributed by atoms with Gasteiger partial charge in [-0.2, -0.15) is 5.10 Å². The Morgan fingerprint density at radius 2 is 2.19 bits per heavy atom. The molecule has 2 aromatic rings. The van der Waals surface area contributed by atoms with E-state index in [9.17, 15) is 0 Å². The number of hydrogen-bond acceptors (Lipinski definition) is 3. The molecule has 0 aromatic carbocycles. The van der Waals surface area contributed by atoms with Crippen LogP contribution in [-0.4, -0.2) is 20.6 Å². The highest BCUT2D eigenvalue weighted by Crippen LogP contribution is 2.13. The number of aromatic nitrogens is 3. The van der Waals surface area contributed by atoms with Gasteiger partial charge in [0, 0.05) is 18.3 Å². The predicted octanol–water partition coefficient (Wildman–Crippen LogP) is 2.58. The highest BCUT2D eigenvalue weighted by Gasteiger charge is 2.10. The molecule has 0 fully saturated rings. The lowest BCUT2D eigenvalue weighted by Gasteiger charge is -2.20. The Balaban J connectivity index is 2.14. The first-order valence-electron chi connectivity index (χ1n) is 5.77. The molecule has 16 heavy (non-hydrogen) atoms. The van der Waals surface area contributed by atoms with Gasteiger partial charge < -0.3 is 5.32 Å². The van der Waals surface area contributed by atoms with Gasteiger partial charge in [0.2, 0.25) is 0 Å². The molecule has 2 heterocycles. The summed E-state index contributed by atoms with van der Waals surface area (Å²) in [4.78, 5) is 4.48. The van der Waals surface area contributed by atoms with Crippen molar-refractivity contribution in [2.75, 3.05) is 5.32 Å². The SMILES string of the molecule is CCC(C)C(C)Nc1ccn2nccc2n1. The van der Waals surface area contributed by atoms with Crippen molar-refractivity contribution >= 4 is 11.5 Å². The van der Waals surface area contributed by atoms with Gasteiger partial charge in [0.25, 0.3) is 0 Å². The van der Waals surface area contributed by atoms with Crippen molar-refractivity contribution in [3.63, 3.8) is 0 Å². The van der Waals surface area contributed by atoms with Gasteiger partial charge in [-0.15, -0.1) is 0 Å². The number of rotatable bonds is 4. The summed E-state index contributed by atoms with van der Waals surface area (Å²) in [6.07, 6.45) is 4.85. The third-order valence-corrected chi connectivity index (χ3v) is 3.13. The van der Waals surface area contributed by atoms with Crippen molar-refractivity contribution < 1.29 is 0 Å². The van der Waals surface area contributed by atoms with Crippen LogP contribution in [0, 0.1) is 5.92 Å². The normalized spacial score (nSPS) is 14.9. The number of fused-ring (bicyclic) bond motifs is 1. The standard InChI is InChI=1S/C12H18N4/c1-4-9(2)10(3)14-11-6-8-16-12(15-11)5-7-13-16/h5-10H,4H2,1-3H3,(H,14,15). The summed E-state index contributed by atoms with van der Waals surface area (Å²) in [6, 6.07) is 4.29. The van der Waals surface area contributed by atoms with Crippen molar-refractivity contribution in [3.05, 3.63) is 24.5 Å². The Bertz CT molecular complexity index is 463. The maximum Gasteiger partial charge on any atom is 0.157 e. The molecular formula is C12H18N4. The number of anilines is 1. The van der Waals surface area contributed by atoms with E-state index in [2.05, 4.69) is 36.2 Å². The number of hydrogen-bond donors (Lipinski definition) is 1. The maximum atomic E-state index is 4.48. The van der Waals surface area contributed by atoms with Gasteiger partial charge >= 0.3 is 0 Å². The third-order valence-electron chi connectivity index (χ3n) is 3.13. The highest BCUT2D eigenvalue weighted by atomic mass is 15.2. The summed E-state index contributed by atoms with van der Waals surface area (Å²) in [5, 5.41) is 7.54. The zero-order chi connectivity index (χ0) is 11.5. The molecule has 0 aliphatic heterocycles. The van der Waals surface area contributed by atoms with Crippen molar-refractivity contribution in [2.24, 2.45) is 5.92 Å². The lowest BCUT2D eigenvalue weighted by molar-refractivity contribution is 0.493. The fourth-order valence-electron chi connectivity index (χ4n) is 1.62. The highest BCUT2D eigenvalue weighted by molar-refractivity contribution is 5.45. The molecule has 0 saturated carbocycles. The Morgan fingerprint density at radius 3 is 2.94 bits per heavy atom. The quantitative estimate of drug-likeness (QED) is 0.857. The first-order valence-corrected chi connectivity index (χ1v) is 5.77. The first-order chi connectivity index (χ1) is 7.70. The van der Waals surface area contributed by atoms with E-state index in [1.165, 1.54) is 6.42 Å². The van der Waals surface area contributed by atoms with Crippen molar-refractivity contribution in [3.8, 4) is 0 Å². The second-order valence-corrected chi connectivity index (χ2v) is 4.27.